The molecule has 0 saturated carbocycles. The van der Waals surface area contributed by atoms with Crippen LogP contribution in [-0.4, -0.2) is 40.2 Å². The van der Waals surface area contributed by atoms with Crippen LogP contribution in [0.1, 0.15) is 25.8 Å². The van der Waals surface area contributed by atoms with Gasteiger partial charge in [-0.2, -0.15) is 0 Å². The molecular formula is C15H17ClFN3O2. The maximum atomic E-state index is 13.3. The van der Waals surface area contributed by atoms with E-state index in [1.807, 2.05) is 4.57 Å². The molecule has 0 radical (unpaired) electrons. The van der Waals surface area contributed by atoms with E-state index in [1.54, 1.807) is 17.9 Å². The Morgan fingerprint density at radius 1 is 1.45 bits per heavy atom. The van der Waals surface area contributed by atoms with E-state index in [2.05, 4.69) is 4.98 Å². The van der Waals surface area contributed by atoms with Gasteiger partial charge in [-0.15, -0.1) is 0 Å². The number of hydrogen-bond acceptors (Lipinski definition) is 3. The van der Waals surface area contributed by atoms with Gasteiger partial charge in [0.2, 0.25) is 5.28 Å². The number of amides is 1. The molecule has 1 amide bonds. The number of benzene rings is 1. The van der Waals surface area contributed by atoms with E-state index in [9.17, 15) is 9.18 Å². The molecular weight excluding hydrogens is 309 g/mol. The Morgan fingerprint density at radius 3 is 2.86 bits per heavy atom. The molecule has 0 unspecified atom stereocenters. The number of aromatic nitrogens is 2. The zero-order valence-corrected chi connectivity index (χ0v) is 13.0. The fourth-order valence-electron chi connectivity index (χ4n) is 2.91. The number of rotatable bonds is 2. The van der Waals surface area contributed by atoms with Gasteiger partial charge in [0.25, 0.3) is 0 Å². The summed E-state index contributed by atoms with van der Waals surface area (Å²) in [5.74, 6) is -0.328. The van der Waals surface area contributed by atoms with Crippen molar-refractivity contribution in [1.29, 1.82) is 0 Å². The highest BCUT2D eigenvalue weighted by molar-refractivity contribution is 6.29. The largest absolute Gasteiger partial charge is 0.450 e. The number of likely N-dealkylation sites (tertiary alicyclic amines) is 1. The lowest BCUT2D eigenvalue weighted by atomic mass is 10.0. The molecule has 5 nitrogen and oxygen atoms in total. The van der Waals surface area contributed by atoms with Gasteiger partial charge >= 0.3 is 6.09 Å². The van der Waals surface area contributed by atoms with Gasteiger partial charge in [0.1, 0.15) is 5.82 Å². The summed E-state index contributed by atoms with van der Waals surface area (Å²) >= 11 is 6.23. The molecule has 1 aliphatic heterocycles. The molecule has 1 aromatic carbocycles. The van der Waals surface area contributed by atoms with Crippen LogP contribution in [0.15, 0.2) is 18.2 Å². The van der Waals surface area contributed by atoms with Gasteiger partial charge in [0.15, 0.2) is 0 Å². The van der Waals surface area contributed by atoms with Crippen LogP contribution >= 0.6 is 11.6 Å². The van der Waals surface area contributed by atoms with Crippen LogP contribution in [0.4, 0.5) is 9.18 Å². The molecule has 1 saturated heterocycles. The SMILES string of the molecule is CCOC(=O)N1CCC(n2c(Cl)nc3cc(F)ccc32)CC1. The van der Waals surface area contributed by atoms with Crippen molar-refractivity contribution < 1.29 is 13.9 Å². The summed E-state index contributed by atoms with van der Waals surface area (Å²) < 4.78 is 20.2. The summed E-state index contributed by atoms with van der Waals surface area (Å²) in [4.78, 5) is 17.6. The summed E-state index contributed by atoms with van der Waals surface area (Å²) in [6.45, 7) is 3.39. The van der Waals surface area contributed by atoms with Gasteiger partial charge in [-0.25, -0.2) is 14.2 Å². The summed E-state index contributed by atoms with van der Waals surface area (Å²) in [6, 6.07) is 4.63. The zero-order valence-electron chi connectivity index (χ0n) is 12.3. The molecule has 22 heavy (non-hydrogen) atoms. The van der Waals surface area contributed by atoms with Crippen molar-refractivity contribution in [2.24, 2.45) is 0 Å². The molecule has 0 aliphatic carbocycles. The summed E-state index contributed by atoms with van der Waals surface area (Å²) in [6.07, 6.45) is 1.26. The Bertz CT molecular complexity index is 695. The number of piperidine rings is 1. The highest BCUT2D eigenvalue weighted by Crippen LogP contribution is 2.31. The molecule has 1 aromatic heterocycles. The number of carbonyl (C=O) groups is 1. The first-order valence-electron chi connectivity index (χ1n) is 7.35. The molecule has 1 aliphatic rings. The predicted molar refractivity (Wildman–Crippen MR) is 81.6 cm³/mol. The van der Waals surface area contributed by atoms with E-state index >= 15 is 0 Å². The van der Waals surface area contributed by atoms with Crippen molar-refractivity contribution in [1.82, 2.24) is 14.5 Å². The van der Waals surface area contributed by atoms with E-state index < -0.39 is 0 Å². The molecule has 3 rings (SSSR count). The number of ether oxygens (including phenoxy) is 1. The second-order valence-electron chi connectivity index (χ2n) is 5.30. The van der Waals surface area contributed by atoms with Gasteiger partial charge in [-0.05, 0) is 43.5 Å². The normalized spacial score (nSPS) is 16.2. The van der Waals surface area contributed by atoms with Gasteiger partial charge in [0.05, 0.1) is 17.6 Å². The van der Waals surface area contributed by atoms with Gasteiger partial charge in [0, 0.05) is 25.2 Å². The lowest BCUT2D eigenvalue weighted by molar-refractivity contribution is 0.0930. The molecule has 0 atom stereocenters. The van der Waals surface area contributed by atoms with Crippen LogP contribution in [0.5, 0.6) is 0 Å². The minimum absolute atomic E-state index is 0.147. The standard InChI is InChI=1S/C15H17ClFN3O2/c1-2-22-15(21)19-7-5-11(6-8-19)20-13-4-3-10(17)9-12(13)18-14(20)16/h3-4,9,11H,2,5-8H2,1H3. The maximum Gasteiger partial charge on any atom is 0.409 e. The van der Waals surface area contributed by atoms with E-state index in [0.29, 0.717) is 30.5 Å². The fourth-order valence-corrected chi connectivity index (χ4v) is 3.23. The smallest absolute Gasteiger partial charge is 0.409 e. The highest BCUT2D eigenvalue weighted by atomic mass is 35.5. The van der Waals surface area contributed by atoms with Crippen LogP contribution in [0.2, 0.25) is 5.28 Å². The first kappa shape index (κ1) is 15.1. The molecule has 0 spiro atoms. The van der Waals surface area contributed by atoms with Crippen molar-refractivity contribution in [3.63, 3.8) is 0 Å². The number of nitrogens with zero attached hydrogens (tertiary/aromatic N) is 3. The van der Waals surface area contributed by atoms with Crippen molar-refractivity contribution in [3.05, 3.63) is 29.3 Å². The average Bonchev–Trinajstić information content (AvgIpc) is 2.82. The average molecular weight is 326 g/mol. The van der Waals surface area contributed by atoms with Crippen molar-refractivity contribution in [3.8, 4) is 0 Å². The lowest BCUT2D eigenvalue weighted by Gasteiger charge is -2.32. The Morgan fingerprint density at radius 2 is 2.18 bits per heavy atom. The van der Waals surface area contributed by atoms with Gasteiger partial charge < -0.3 is 14.2 Å². The Kier molecular flexibility index (Phi) is 4.20. The zero-order chi connectivity index (χ0) is 15.7. The van der Waals surface area contributed by atoms with Crippen molar-refractivity contribution in [2.75, 3.05) is 19.7 Å². The first-order chi connectivity index (χ1) is 10.6. The molecule has 0 N–H and O–H groups in total. The number of imidazole rings is 1. The van der Waals surface area contributed by atoms with E-state index in [0.717, 1.165) is 18.4 Å². The van der Waals surface area contributed by atoms with E-state index in [4.69, 9.17) is 16.3 Å². The van der Waals surface area contributed by atoms with Crippen LogP contribution < -0.4 is 0 Å². The summed E-state index contributed by atoms with van der Waals surface area (Å²) in [5.41, 5.74) is 1.37. The van der Waals surface area contributed by atoms with Crippen molar-refractivity contribution in [2.45, 2.75) is 25.8 Å². The molecule has 1 fully saturated rings. The van der Waals surface area contributed by atoms with Crippen LogP contribution in [0.25, 0.3) is 11.0 Å². The number of carbonyl (C=O) groups excluding carboxylic acids is 1. The molecule has 2 heterocycles. The third kappa shape index (κ3) is 2.75. The third-order valence-electron chi connectivity index (χ3n) is 3.96. The number of fused-ring (bicyclic) bond motifs is 1. The van der Waals surface area contributed by atoms with E-state index in [-0.39, 0.29) is 18.0 Å². The monoisotopic (exact) mass is 325 g/mol. The predicted octanol–water partition coefficient (Wildman–Crippen LogP) is 3.62. The Labute approximate surface area is 132 Å². The quantitative estimate of drug-likeness (QED) is 0.847. The first-order valence-corrected chi connectivity index (χ1v) is 7.72. The van der Waals surface area contributed by atoms with Crippen LogP contribution in [-0.2, 0) is 4.74 Å². The Balaban J connectivity index is 1.79. The number of halogens is 2. The lowest BCUT2D eigenvalue weighted by Crippen LogP contribution is -2.39. The second-order valence-corrected chi connectivity index (χ2v) is 5.64. The van der Waals surface area contributed by atoms with Gasteiger partial charge in [-0.3, -0.25) is 0 Å². The molecule has 118 valence electrons. The highest BCUT2D eigenvalue weighted by Gasteiger charge is 2.27. The molecule has 2 aromatic rings. The summed E-state index contributed by atoms with van der Waals surface area (Å²) in [7, 11) is 0. The minimum atomic E-state index is -0.328. The van der Waals surface area contributed by atoms with Crippen LogP contribution in [0.3, 0.4) is 0 Å². The van der Waals surface area contributed by atoms with Crippen molar-refractivity contribution >= 4 is 28.7 Å². The molecule has 7 heteroatoms. The second kappa shape index (κ2) is 6.12. The van der Waals surface area contributed by atoms with Gasteiger partial charge in [-0.1, -0.05) is 0 Å². The fraction of sp³-hybridized carbons (Fsp3) is 0.467. The third-order valence-corrected chi connectivity index (χ3v) is 4.23. The summed E-state index contributed by atoms with van der Waals surface area (Å²) in [5, 5.41) is 0.357. The topological polar surface area (TPSA) is 47.4 Å². The minimum Gasteiger partial charge on any atom is -0.450 e. The number of hydrogen-bond donors (Lipinski definition) is 0. The molecule has 0 bridgehead atoms. The van der Waals surface area contributed by atoms with Crippen LogP contribution in [0, 0.1) is 5.82 Å². The maximum absolute atomic E-state index is 13.3. The van der Waals surface area contributed by atoms with E-state index in [1.165, 1.54) is 12.1 Å². The Hall–Kier alpha value is -1.82.